The van der Waals surface area contributed by atoms with Gasteiger partial charge in [0.25, 0.3) is 0 Å². The molecule has 0 atom stereocenters. The molecule has 2 heterocycles. The van der Waals surface area contributed by atoms with Gasteiger partial charge in [-0.2, -0.15) is 0 Å². The molecule has 1 saturated heterocycles. The van der Waals surface area contributed by atoms with Gasteiger partial charge < -0.3 is 9.64 Å². The predicted molar refractivity (Wildman–Crippen MR) is 59.7 cm³/mol. The monoisotopic (exact) mass is 216 g/mol. The van der Waals surface area contributed by atoms with E-state index in [0.717, 1.165) is 37.1 Å². The Labute approximate surface area is 95.0 Å². The quantitative estimate of drug-likeness (QED) is 0.490. The molecule has 2 aliphatic heterocycles. The molecule has 16 heavy (non-hydrogen) atoms. The van der Waals surface area contributed by atoms with E-state index in [1.54, 1.807) is 0 Å². The highest BCUT2D eigenvalue weighted by Gasteiger charge is 2.45. The Morgan fingerprint density at radius 1 is 1.25 bits per heavy atom. The van der Waals surface area contributed by atoms with E-state index in [-0.39, 0.29) is 11.6 Å². The Hall–Kier alpha value is -1.35. The van der Waals surface area contributed by atoms with E-state index in [0.29, 0.717) is 0 Å². The standard InChI is InChI=1S/C13H14NO2/c1-14-8-6-13(7-9-14)11-5-3-2-4-10(11)12(15)16-13/h2-5H,1,6-9H2/q-1. The van der Waals surface area contributed by atoms with Crippen LogP contribution in [0, 0.1) is 7.05 Å². The number of rotatable bonds is 0. The van der Waals surface area contributed by atoms with Crippen LogP contribution in [0.3, 0.4) is 0 Å². The highest BCUT2D eigenvalue weighted by atomic mass is 16.6. The summed E-state index contributed by atoms with van der Waals surface area (Å²) < 4.78 is 5.62. The summed E-state index contributed by atoms with van der Waals surface area (Å²) in [5.74, 6) is -0.173. The first-order valence-corrected chi connectivity index (χ1v) is 5.60. The minimum atomic E-state index is -0.373. The third kappa shape index (κ3) is 1.28. The van der Waals surface area contributed by atoms with Gasteiger partial charge in [-0.05, 0) is 19.2 Å². The number of nitrogens with zero attached hydrogens (tertiary/aromatic N) is 1. The van der Waals surface area contributed by atoms with Crippen LogP contribution in [0.1, 0.15) is 28.8 Å². The second-order valence-electron chi connectivity index (χ2n) is 4.55. The van der Waals surface area contributed by atoms with Crippen molar-refractivity contribution < 1.29 is 9.53 Å². The minimum Gasteiger partial charge on any atom is -0.459 e. The molecule has 3 heteroatoms. The molecule has 2 aliphatic rings. The van der Waals surface area contributed by atoms with Gasteiger partial charge in [-0.25, -0.2) is 4.79 Å². The molecule has 3 nitrogen and oxygen atoms in total. The number of fused-ring (bicyclic) bond motifs is 2. The molecule has 3 rings (SSSR count). The van der Waals surface area contributed by atoms with Crippen molar-refractivity contribution >= 4 is 5.97 Å². The third-order valence-electron chi connectivity index (χ3n) is 3.59. The number of ether oxygens (including phenoxy) is 1. The lowest BCUT2D eigenvalue weighted by Crippen LogP contribution is -2.40. The summed E-state index contributed by atoms with van der Waals surface area (Å²) in [5, 5.41) is 0. The Bertz CT molecular complexity index is 433. The summed E-state index contributed by atoms with van der Waals surface area (Å²) in [6.07, 6.45) is 1.69. The van der Waals surface area contributed by atoms with E-state index < -0.39 is 0 Å². The van der Waals surface area contributed by atoms with E-state index in [2.05, 4.69) is 7.05 Å². The zero-order chi connectivity index (χ0) is 11.2. The van der Waals surface area contributed by atoms with E-state index in [4.69, 9.17) is 4.74 Å². The summed E-state index contributed by atoms with van der Waals surface area (Å²) in [6.45, 7) is 1.75. The molecule has 0 bridgehead atoms. The van der Waals surface area contributed by atoms with Crippen molar-refractivity contribution in [3.05, 3.63) is 42.4 Å². The normalized spacial score (nSPS) is 23.2. The fraction of sp³-hybridized carbons (Fsp3) is 0.385. The van der Waals surface area contributed by atoms with Crippen molar-refractivity contribution in [3.8, 4) is 0 Å². The van der Waals surface area contributed by atoms with Gasteiger partial charge in [-0.15, -0.1) is 0 Å². The zero-order valence-electron chi connectivity index (χ0n) is 9.11. The maximum absolute atomic E-state index is 11.8. The number of carbonyl (C=O) groups excluding carboxylic acids is 1. The molecular formula is C13H14NO2-. The predicted octanol–water partition coefficient (Wildman–Crippen LogP) is 1.94. The number of piperidine rings is 1. The van der Waals surface area contributed by atoms with Crippen molar-refractivity contribution in [2.75, 3.05) is 13.1 Å². The maximum atomic E-state index is 11.8. The molecule has 1 spiro atoms. The van der Waals surface area contributed by atoms with Gasteiger partial charge in [0.15, 0.2) is 0 Å². The Morgan fingerprint density at radius 3 is 2.69 bits per heavy atom. The average Bonchev–Trinajstić information content (AvgIpc) is 2.58. The summed E-state index contributed by atoms with van der Waals surface area (Å²) in [4.78, 5) is 13.8. The lowest BCUT2D eigenvalue weighted by Gasteiger charge is -2.40. The van der Waals surface area contributed by atoms with Crippen LogP contribution in [0.5, 0.6) is 0 Å². The smallest absolute Gasteiger partial charge is 0.339 e. The lowest BCUT2D eigenvalue weighted by molar-refractivity contribution is -0.0372. The molecule has 0 radical (unpaired) electrons. The summed E-state index contributed by atoms with van der Waals surface area (Å²) >= 11 is 0. The Balaban J connectivity index is 2.02. The van der Waals surface area contributed by atoms with E-state index in [1.165, 1.54) is 0 Å². The summed E-state index contributed by atoms with van der Waals surface area (Å²) in [6, 6.07) is 7.72. The van der Waals surface area contributed by atoms with Crippen molar-refractivity contribution in [2.45, 2.75) is 18.4 Å². The minimum absolute atomic E-state index is 0.173. The topological polar surface area (TPSA) is 29.5 Å². The SMILES string of the molecule is [CH2-]N1CCC2(CC1)OC(=O)c1ccccc12. The summed E-state index contributed by atoms with van der Waals surface area (Å²) in [7, 11) is 3.92. The molecule has 0 aliphatic carbocycles. The van der Waals surface area contributed by atoms with E-state index in [1.807, 2.05) is 29.2 Å². The first-order valence-electron chi connectivity index (χ1n) is 5.60. The van der Waals surface area contributed by atoms with Crippen molar-refractivity contribution in [1.82, 2.24) is 4.90 Å². The zero-order valence-corrected chi connectivity index (χ0v) is 9.11. The molecule has 0 unspecified atom stereocenters. The van der Waals surface area contributed by atoms with Gasteiger partial charge in [0.2, 0.25) is 0 Å². The number of carbonyl (C=O) groups is 1. The van der Waals surface area contributed by atoms with Crippen molar-refractivity contribution in [2.24, 2.45) is 0 Å². The molecular weight excluding hydrogens is 202 g/mol. The molecule has 0 amide bonds. The van der Waals surface area contributed by atoms with Crippen LogP contribution in [0.4, 0.5) is 0 Å². The first kappa shape index (κ1) is 9.85. The molecule has 0 aromatic heterocycles. The average molecular weight is 216 g/mol. The highest BCUT2D eigenvalue weighted by Crippen LogP contribution is 2.43. The molecule has 84 valence electrons. The number of benzene rings is 1. The van der Waals surface area contributed by atoms with Gasteiger partial charge in [0, 0.05) is 18.4 Å². The van der Waals surface area contributed by atoms with Crippen molar-refractivity contribution in [3.63, 3.8) is 0 Å². The fourth-order valence-electron chi connectivity index (χ4n) is 2.63. The number of esters is 1. The molecule has 1 aromatic rings. The molecule has 1 aromatic carbocycles. The van der Waals surface area contributed by atoms with Crippen LogP contribution in [0.2, 0.25) is 0 Å². The second-order valence-corrected chi connectivity index (χ2v) is 4.55. The van der Waals surface area contributed by atoms with Gasteiger partial charge in [0.1, 0.15) is 5.60 Å². The third-order valence-corrected chi connectivity index (χ3v) is 3.59. The number of hydrogen-bond acceptors (Lipinski definition) is 3. The Morgan fingerprint density at radius 2 is 1.94 bits per heavy atom. The van der Waals surface area contributed by atoms with Crippen LogP contribution in [-0.4, -0.2) is 24.0 Å². The van der Waals surface area contributed by atoms with Crippen LogP contribution in [0.15, 0.2) is 24.3 Å². The first-order chi connectivity index (χ1) is 7.71. The fourth-order valence-corrected chi connectivity index (χ4v) is 2.63. The second kappa shape index (κ2) is 3.32. The van der Waals surface area contributed by atoms with E-state index >= 15 is 0 Å². The molecule has 1 fully saturated rings. The summed E-state index contributed by atoms with van der Waals surface area (Å²) in [5.41, 5.74) is 1.43. The van der Waals surface area contributed by atoms with Crippen LogP contribution in [0.25, 0.3) is 0 Å². The maximum Gasteiger partial charge on any atom is 0.339 e. The van der Waals surface area contributed by atoms with Crippen LogP contribution >= 0.6 is 0 Å². The van der Waals surface area contributed by atoms with E-state index in [9.17, 15) is 4.79 Å². The van der Waals surface area contributed by atoms with Crippen LogP contribution < -0.4 is 0 Å². The largest absolute Gasteiger partial charge is 0.459 e. The van der Waals surface area contributed by atoms with Gasteiger partial charge in [0.05, 0.1) is 5.56 Å². The van der Waals surface area contributed by atoms with Gasteiger partial charge >= 0.3 is 5.97 Å². The van der Waals surface area contributed by atoms with Gasteiger partial charge in [-0.3, -0.25) is 7.05 Å². The number of hydrogen-bond donors (Lipinski definition) is 0. The Kier molecular flexibility index (Phi) is 2.04. The van der Waals surface area contributed by atoms with Gasteiger partial charge in [-0.1, -0.05) is 18.2 Å². The number of likely N-dealkylation sites (tertiary alicyclic amines) is 1. The molecule has 0 saturated carbocycles. The van der Waals surface area contributed by atoms with Crippen molar-refractivity contribution in [1.29, 1.82) is 0 Å². The molecule has 0 N–H and O–H groups in total. The lowest BCUT2D eigenvalue weighted by atomic mass is 9.84. The van der Waals surface area contributed by atoms with Crippen LogP contribution in [-0.2, 0) is 10.3 Å². The highest BCUT2D eigenvalue weighted by molar-refractivity contribution is 5.94.